The molecule has 1 heterocycles. The fourth-order valence-electron chi connectivity index (χ4n) is 3.67. The van der Waals surface area contributed by atoms with Gasteiger partial charge in [0.25, 0.3) is 23.4 Å². The van der Waals surface area contributed by atoms with Crippen LogP contribution in [-0.2, 0) is 9.59 Å². The molecule has 33 heavy (non-hydrogen) atoms. The van der Waals surface area contributed by atoms with Gasteiger partial charge in [-0.2, -0.15) is 0 Å². The number of para-hydroxylation sites is 2. The van der Waals surface area contributed by atoms with Gasteiger partial charge >= 0.3 is 0 Å². The number of carbonyl (C=O) groups excluding carboxylic acids is 4. The summed E-state index contributed by atoms with van der Waals surface area (Å²) >= 11 is 0. The van der Waals surface area contributed by atoms with Crippen LogP contribution in [-0.4, -0.2) is 36.5 Å². The summed E-state index contributed by atoms with van der Waals surface area (Å²) in [4.78, 5) is 54.1. The van der Waals surface area contributed by atoms with Crippen molar-refractivity contribution in [2.45, 2.75) is 6.42 Å². The van der Waals surface area contributed by atoms with Gasteiger partial charge in [0.15, 0.2) is 0 Å². The van der Waals surface area contributed by atoms with Crippen LogP contribution in [0.15, 0.2) is 72.8 Å². The largest absolute Gasteiger partial charge is 0.303 e. The Hall–Kier alpha value is -4.20. The Balaban J connectivity index is 1.65. The fraction of sp³-hybridized carbons (Fsp3) is 0.120. The van der Waals surface area contributed by atoms with E-state index < -0.39 is 35.0 Å². The Bertz CT molecular complexity index is 1140. The molecule has 0 spiro atoms. The molecule has 166 valence electrons. The third kappa shape index (κ3) is 4.41. The lowest BCUT2D eigenvalue weighted by molar-refractivity contribution is -0.115. The highest BCUT2D eigenvalue weighted by Crippen LogP contribution is 2.33. The van der Waals surface area contributed by atoms with E-state index in [1.807, 2.05) is 0 Å². The molecule has 0 N–H and O–H groups in total. The number of anilines is 2. The molecule has 0 aliphatic carbocycles. The second-order valence-electron chi connectivity index (χ2n) is 7.43. The van der Waals surface area contributed by atoms with Crippen LogP contribution in [0.2, 0.25) is 0 Å². The minimum Gasteiger partial charge on any atom is -0.303 e. The van der Waals surface area contributed by atoms with Crippen LogP contribution < -0.4 is 9.80 Å². The number of ketones is 2. The Morgan fingerprint density at radius 2 is 0.939 bits per heavy atom. The molecule has 0 bridgehead atoms. The van der Waals surface area contributed by atoms with Crippen molar-refractivity contribution in [2.75, 3.05) is 22.9 Å². The predicted octanol–water partition coefficient (Wildman–Crippen LogP) is 3.80. The number of hydrogen-bond donors (Lipinski definition) is 0. The second kappa shape index (κ2) is 9.12. The summed E-state index contributed by atoms with van der Waals surface area (Å²) in [6.07, 6.45) is 0.305. The molecule has 0 saturated heterocycles. The van der Waals surface area contributed by atoms with E-state index in [0.717, 1.165) is 24.3 Å². The van der Waals surface area contributed by atoms with Crippen molar-refractivity contribution in [3.8, 4) is 0 Å². The van der Waals surface area contributed by atoms with Gasteiger partial charge in [-0.1, -0.05) is 12.1 Å². The van der Waals surface area contributed by atoms with Crippen molar-refractivity contribution in [2.24, 2.45) is 0 Å². The molecule has 0 unspecified atom stereocenters. The van der Waals surface area contributed by atoms with E-state index in [4.69, 9.17) is 0 Å². The van der Waals surface area contributed by atoms with Crippen LogP contribution in [0.3, 0.4) is 0 Å². The normalized spacial score (nSPS) is 13.2. The maximum atomic E-state index is 13.2. The minimum absolute atomic E-state index is 0.0440. The smallest absolute Gasteiger partial charge is 0.299 e. The molecule has 2 amide bonds. The first-order valence-electron chi connectivity index (χ1n) is 10.2. The van der Waals surface area contributed by atoms with E-state index >= 15 is 0 Å². The van der Waals surface area contributed by atoms with Gasteiger partial charge in [-0.3, -0.25) is 19.2 Å². The molecular formula is C25H18F2N2O4. The van der Waals surface area contributed by atoms with Crippen LogP contribution in [0, 0.1) is 11.6 Å². The molecule has 0 aromatic heterocycles. The Labute approximate surface area is 188 Å². The summed E-state index contributed by atoms with van der Waals surface area (Å²) in [6.45, 7) is 0.272. The van der Waals surface area contributed by atoms with Crippen LogP contribution in [0.4, 0.5) is 20.2 Å². The van der Waals surface area contributed by atoms with Gasteiger partial charge in [-0.05, 0) is 67.1 Å². The van der Waals surface area contributed by atoms with Gasteiger partial charge < -0.3 is 9.80 Å². The quantitative estimate of drug-likeness (QED) is 0.450. The average molecular weight is 448 g/mol. The Morgan fingerprint density at radius 3 is 1.30 bits per heavy atom. The number of benzene rings is 3. The van der Waals surface area contributed by atoms with Gasteiger partial charge in [0.1, 0.15) is 11.6 Å². The van der Waals surface area contributed by atoms with E-state index in [0.29, 0.717) is 17.8 Å². The highest BCUT2D eigenvalue weighted by Gasteiger charge is 2.33. The summed E-state index contributed by atoms with van der Waals surface area (Å²) < 4.78 is 26.4. The van der Waals surface area contributed by atoms with Crippen LogP contribution in [0.25, 0.3) is 0 Å². The van der Waals surface area contributed by atoms with E-state index in [1.54, 1.807) is 24.3 Å². The molecular weight excluding hydrogens is 430 g/mol. The molecule has 3 aromatic rings. The SMILES string of the molecule is O=C(C(=O)N1CCCN(C(=O)C(=O)c2ccc(F)cc2)c2ccccc21)c1ccc(F)cc1. The van der Waals surface area contributed by atoms with E-state index in [2.05, 4.69) is 0 Å². The monoisotopic (exact) mass is 448 g/mol. The van der Waals surface area contributed by atoms with E-state index in [-0.39, 0.29) is 24.2 Å². The average Bonchev–Trinajstić information content (AvgIpc) is 3.03. The van der Waals surface area contributed by atoms with Crippen LogP contribution >= 0.6 is 0 Å². The molecule has 0 fully saturated rings. The van der Waals surface area contributed by atoms with Crippen LogP contribution in [0.1, 0.15) is 27.1 Å². The molecule has 0 radical (unpaired) electrons. The first-order chi connectivity index (χ1) is 15.9. The van der Waals surface area contributed by atoms with Gasteiger partial charge in [-0.15, -0.1) is 0 Å². The van der Waals surface area contributed by atoms with Crippen molar-refractivity contribution in [3.05, 3.63) is 95.6 Å². The van der Waals surface area contributed by atoms with Gasteiger partial charge in [0.2, 0.25) is 0 Å². The van der Waals surface area contributed by atoms with Gasteiger partial charge in [-0.25, -0.2) is 8.78 Å². The number of fused-ring (bicyclic) bond motifs is 1. The van der Waals surface area contributed by atoms with Crippen molar-refractivity contribution in [1.29, 1.82) is 0 Å². The zero-order valence-electron chi connectivity index (χ0n) is 17.3. The van der Waals surface area contributed by atoms with Crippen molar-refractivity contribution in [1.82, 2.24) is 0 Å². The number of hydrogen-bond acceptors (Lipinski definition) is 4. The maximum absolute atomic E-state index is 13.2. The van der Waals surface area contributed by atoms with Crippen molar-refractivity contribution >= 4 is 34.8 Å². The summed E-state index contributed by atoms with van der Waals surface area (Å²) in [5.41, 5.74) is 0.691. The summed E-state index contributed by atoms with van der Waals surface area (Å²) in [7, 11) is 0. The molecule has 8 heteroatoms. The maximum Gasteiger partial charge on any atom is 0.299 e. The second-order valence-corrected chi connectivity index (χ2v) is 7.43. The fourth-order valence-corrected chi connectivity index (χ4v) is 3.67. The standard InChI is InChI=1S/C25H18F2N2O4/c26-18-10-6-16(7-11-18)22(30)24(32)28-14-3-15-29(21-5-2-1-4-20(21)28)25(33)23(31)17-8-12-19(27)13-9-17/h1-2,4-13H,3,14-15H2. The lowest BCUT2D eigenvalue weighted by Gasteiger charge is -2.24. The topological polar surface area (TPSA) is 74.8 Å². The lowest BCUT2D eigenvalue weighted by atomic mass is 10.1. The van der Waals surface area contributed by atoms with Crippen molar-refractivity contribution < 1.29 is 28.0 Å². The molecule has 6 nitrogen and oxygen atoms in total. The molecule has 1 aliphatic heterocycles. The Morgan fingerprint density at radius 1 is 0.576 bits per heavy atom. The third-order valence-corrected chi connectivity index (χ3v) is 5.32. The summed E-state index contributed by atoms with van der Waals surface area (Å²) in [5.74, 6) is -4.33. The number of nitrogens with zero attached hydrogens (tertiary/aromatic N) is 2. The number of halogens is 2. The Kier molecular flexibility index (Phi) is 6.08. The molecule has 4 rings (SSSR count). The van der Waals surface area contributed by atoms with Gasteiger partial charge in [0.05, 0.1) is 11.4 Å². The highest BCUT2D eigenvalue weighted by molar-refractivity contribution is 6.49. The first-order valence-corrected chi connectivity index (χ1v) is 10.2. The lowest BCUT2D eigenvalue weighted by Crippen LogP contribution is -2.37. The molecule has 3 aromatic carbocycles. The number of rotatable bonds is 4. The molecule has 0 atom stereocenters. The first kappa shape index (κ1) is 22.0. The zero-order valence-corrected chi connectivity index (χ0v) is 17.3. The van der Waals surface area contributed by atoms with Crippen molar-refractivity contribution in [3.63, 3.8) is 0 Å². The zero-order chi connectivity index (χ0) is 23.5. The number of Topliss-reactive ketones (excluding diaryl/α,β-unsaturated/α-hetero) is 2. The third-order valence-electron chi connectivity index (χ3n) is 5.32. The summed E-state index contributed by atoms with van der Waals surface area (Å²) in [5, 5.41) is 0. The van der Waals surface area contributed by atoms with E-state index in [9.17, 15) is 28.0 Å². The molecule has 1 aliphatic rings. The van der Waals surface area contributed by atoms with Crippen LogP contribution in [0.5, 0.6) is 0 Å². The minimum atomic E-state index is -0.826. The van der Waals surface area contributed by atoms with Gasteiger partial charge in [0, 0.05) is 24.2 Å². The number of carbonyl (C=O) groups is 4. The predicted molar refractivity (Wildman–Crippen MR) is 117 cm³/mol. The highest BCUT2D eigenvalue weighted by atomic mass is 19.1. The van der Waals surface area contributed by atoms with E-state index in [1.165, 1.54) is 34.1 Å². The summed E-state index contributed by atoms with van der Waals surface area (Å²) in [6, 6.07) is 15.8. The molecule has 0 saturated carbocycles. The number of amides is 2.